The molecule has 0 atom stereocenters. The minimum Gasteiger partial charge on any atom is -0.252 e. The number of nitrogens with zero attached hydrogens (tertiary/aromatic N) is 1. The van der Waals surface area contributed by atoms with Crippen LogP contribution in [0.25, 0.3) is 28.0 Å². The summed E-state index contributed by atoms with van der Waals surface area (Å²) >= 11 is 0. The third kappa shape index (κ3) is 3.00. The van der Waals surface area contributed by atoms with Crippen molar-refractivity contribution in [3.05, 3.63) is 108 Å². The highest BCUT2D eigenvalue weighted by molar-refractivity contribution is 6.10. The molecule has 29 heavy (non-hydrogen) atoms. The molecule has 1 aliphatic heterocycles. The van der Waals surface area contributed by atoms with Crippen LogP contribution < -0.4 is 0 Å². The van der Waals surface area contributed by atoms with Crippen molar-refractivity contribution in [1.82, 2.24) is 0 Å². The Balaban J connectivity index is 1.58. The van der Waals surface area contributed by atoms with E-state index in [0.29, 0.717) is 0 Å². The van der Waals surface area contributed by atoms with Crippen molar-refractivity contribution in [2.45, 2.75) is 19.3 Å². The maximum Gasteiger partial charge on any atom is 0.0674 e. The van der Waals surface area contributed by atoms with Crippen LogP contribution in [0.15, 0.2) is 102 Å². The molecule has 1 aliphatic rings. The van der Waals surface area contributed by atoms with Gasteiger partial charge < -0.3 is 0 Å². The van der Waals surface area contributed by atoms with Crippen LogP contribution in [0, 0.1) is 0 Å². The molecular formula is C28H23N. The Morgan fingerprint density at radius 1 is 0.655 bits per heavy atom. The molecular weight excluding hydrogens is 350 g/mol. The van der Waals surface area contributed by atoms with Crippen molar-refractivity contribution in [1.29, 1.82) is 0 Å². The van der Waals surface area contributed by atoms with Crippen LogP contribution in [0.5, 0.6) is 0 Å². The molecule has 0 aromatic heterocycles. The zero-order valence-corrected chi connectivity index (χ0v) is 16.8. The summed E-state index contributed by atoms with van der Waals surface area (Å²) in [6, 6.07) is 32.1. The van der Waals surface area contributed by atoms with Crippen molar-refractivity contribution >= 4 is 28.2 Å². The van der Waals surface area contributed by atoms with E-state index in [1.165, 1.54) is 33.0 Å². The number of rotatable bonds is 3. The number of fused-ring (bicyclic) bond motifs is 2. The van der Waals surface area contributed by atoms with Crippen molar-refractivity contribution in [2.75, 3.05) is 0 Å². The van der Waals surface area contributed by atoms with Crippen LogP contribution >= 0.6 is 0 Å². The second kappa shape index (κ2) is 6.86. The molecule has 0 saturated carbocycles. The largest absolute Gasteiger partial charge is 0.252 e. The molecule has 1 nitrogen and oxygen atoms in total. The molecule has 4 aromatic carbocycles. The third-order valence-corrected chi connectivity index (χ3v) is 5.92. The Bertz CT molecular complexity index is 1270. The number of benzene rings is 4. The molecule has 1 heterocycles. The Labute approximate surface area is 172 Å². The van der Waals surface area contributed by atoms with E-state index in [1.54, 1.807) is 0 Å². The number of aliphatic imine (C=N–C) groups is 1. The Morgan fingerprint density at radius 3 is 2.24 bits per heavy atom. The summed E-state index contributed by atoms with van der Waals surface area (Å²) in [6.45, 7) is 4.50. The Kier molecular flexibility index (Phi) is 4.17. The van der Waals surface area contributed by atoms with Crippen LogP contribution in [-0.4, -0.2) is 5.71 Å². The molecule has 0 radical (unpaired) electrons. The number of hydrogen-bond donors (Lipinski definition) is 0. The van der Waals surface area contributed by atoms with Gasteiger partial charge in [-0.2, -0.15) is 0 Å². The van der Waals surface area contributed by atoms with Gasteiger partial charge >= 0.3 is 0 Å². The summed E-state index contributed by atoms with van der Waals surface area (Å²) in [5.41, 5.74) is 7.11. The van der Waals surface area contributed by atoms with Crippen LogP contribution in [0.2, 0.25) is 0 Å². The summed E-state index contributed by atoms with van der Waals surface area (Å²) in [4.78, 5) is 4.90. The molecule has 5 rings (SSSR count). The first-order chi connectivity index (χ1) is 14.1. The fourth-order valence-electron chi connectivity index (χ4n) is 4.27. The van der Waals surface area contributed by atoms with E-state index >= 15 is 0 Å². The number of para-hydroxylation sites is 1. The summed E-state index contributed by atoms with van der Waals surface area (Å²) in [6.07, 6.45) is 4.40. The van der Waals surface area contributed by atoms with Gasteiger partial charge in [0.1, 0.15) is 0 Å². The van der Waals surface area contributed by atoms with Gasteiger partial charge in [0.2, 0.25) is 0 Å². The fraction of sp³-hybridized carbons (Fsp3) is 0.107. The van der Waals surface area contributed by atoms with E-state index in [-0.39, 0.29) is 5.41 Å². The van der Waals surface area contributed by atoms with Crippen molar-refractivity contribution in [3.63, 3.8) is 0 Å². The second-order valence-electron chi connectivity index (χ2n) is 8.09. The quantitative estimate of drug-likeness (QED) is 0.351. The van der Waals surface area contributed by atoms with E-state index < -0.39 is 0 Å². The van der Waals surface area contributed by atoms with E-state index in [1.807, 2.05) is 0 Å². The van der Waals surface area contributed by atoms with Gasteiger partial charge in [0.25, 0.3) is 0 Å². The average Bonchev–Trinajstić information content (AvgIpc) is 3.02. The van der Waals surface area contributed by atoms with E-state index in [0.717, 1.165) is 11.4 Å². The first-order valence-corrected chi connectivity index (χ1v) is 10.1. The average molecular weight is 373 g/mol. The highest BCUT2D eigenvalue weighted by Crippen LogP contribution is 2.40. The molecule has 0 amide bonds. The Morgan fingerprint density at radius 2 is 1.34 bits per heavy atom. The van der Waals surface area contributed by atoms with Gasteiger partial charge in [0, 0.05) is 5.41 Å². The predicted molar refractivity (Wildman–Crippen MR) is 125 cm³/mol. The summed E-state index contributed by atoms with van der Waals surface area (Å²) in [5.74, 6) is 0. The van der Waals surface area contributed by atoms with Gasteiger partial charge in [-0.15, -0.1) is 0 Å². The molecule has 0 spiro atoms. The van der Waals surface area contributed by atoms with E-state index in [4.69, 9.17) is 4.99 Å². The van der Waals surface area contributed by atoms with E-state index in [9.17, 15) is 0 Å². The van der Waals surface area contributed by atoms with Gasteiger partial charge in [-0.1, -0.05) is 105 Å². The maximum atomic E-state index is 4.90. The summed E-state index contributed by atoms with van der Waals surface area (Å²) in [5, 5.41) is 2.54. The monoisotopic (exact) mass is 373 g/mol. The second-order valence-corrected chi connectivity index (χ2v) is 8.09. The van der Waals surface area contributed by atoms with E-state index in [2.05, 4.69) is 117 Å². The molecule has 0 unspecified atom stereocenters. The summed E-state index contributed by atoms with van der Waals surface area (Å²) < 4.78 is 0. The normalized spacial score (nSPS) is 14.9. The van der Waals surface area contributed by atoms with Gasteiger partial charge in [0.05, 0.1) is 11.4 Å². The highest BCUT2D eigenvalue weighted by atomic mass is 14.8. The minimum atomic E-state index is -0.0819. The SMILES string of the molecule is CC1(C)C(/C=C/c2ccccc2-c2cccc3ccccc23)=Nc2ccccc21. The molecule has 140 valence electrons. The van der Waals surface area contributed by atoms with Crippen molar-refractivity contribution in [2.24, 2.45) is 4.99 Å². The predicted octanol–water partition coefficient (Wildman–Crippen LogP) is 7.58. The van der Waals surface area contributed by atoms with Gasteiger partial charge in [-0.25, -0.2) is 0 Å². The Hall–Kier alpha value is -3.45. The minimum absolute atomic E-state index is 0.0819. The van der Waals surface area contributed by atoms with Crippen LogP contribution in [0.3, 0.4) is 0 Å². The zero-order chi connectivity index (χ0) is 19.8. The highest BCUT2D eigenvalue weighted by Gasteiger charge is 2.32. The fourth-order valence-corrected chi connectivity index (χ4v) is 4.27. The number of allylic oxidation sites excluding steroid dienone is 1. The van der Waals surface area contributed by atoms with Crippen LogP contribution in [0.4, 0.5) is 5.69 Å². The van der Waals surface area contributed by atoms with Gasteiger partial charge in [-0.3, -0.25) is 4.99 Å². The first-order valence-electron chi connectivity index (χ1n) is 10.1. The molecule has 0 N–H and O–H groups in total. The molecule has 0 aliphatic carbocycles. The lowest BCUT2D eigenvalue weighted by molar-refractivity contribution is 0.740. The maximum absolute atomic E-state index is 4.90. The molecule has 0 fully saturated rings. The van der Waals surface area contributed by atoms with Gasteiger partial charge in [0.15, 0.2) is 0 Å². The molecule has 0 bridgehead atoms. The summed E-state index contributed by atoms with van der Waals surface area (Å²) in [7, 11) is 0. The smallest absolute Gasteiger partial charge is 0.0674 e. The van der Waals surface area contributed by atoms with Crippen LogP contribution in [0.1, 0.15) is 25.0 Å². The molecule has 4 aromatic rings. The molecule has 1 heteroatoms. The lowest BCUT2D eigenvalue weighted by atomic mass is 9.81. The third-order valence-electron chi connectivity index (χ3n) is 5.92. The molecule has 0 saturated heterocycles. The first kappa shape index (κ1) is 17.6. The lowest BCUT2D eigenvalue weighted by Gasteiger charge is -2.20. The zero-order valence-electron chi connectivity index (χ0n) is 16.8. The number of hydrogen-bond acceptors (Lipinski definition) is 1. The van der Waals surface area contributed by atoms with Crippen molar-refractivity contribution < 1.29 is 0 Å². The lowest BCUT2D eigenvalue weighted by Crippen LogP contribution is -2.23. The van der Waals surface area contributed by atoms with Gasteiger partial charge in [-0.05, 0) is 45.2 Å². The van der Waals surface area contributed by atoms with Crippen molar-refractivity contribution in [3.8, 4) is 11.1 Å². The van der Waals surface area contributed by atoms with Crippen LogP contribution in [-0.2, 0) is 5.41 Å². The standard InChI is InChI=1S/C28H23N/c1-28(2)25-16-7-8-17-26(25)29-27(28)19-18-21-11-4-6-14-23(21)24-15-9-12-20-10-3-5-13-22(20)24/h3-19H,1-2H3/b19-18+. The topological polar surface area (TPSA) is 12.4 Å².